The predicted molar refractivity (Wildman–Crippen MR) is 121 cm³/mol. The van der Waals surface area contributed by atoms with E-state index < -0.39 is 23.1 Å². The van der Waals surface area contributed by atoms with Gasteiger partial charge in [0.25, 0.3) is 0 Å². The van der Waals surface area contributed by atoms with Crippen LogP contribution in [0.1, 0.15) is 57.2 Å². The summed E-state index contributed by atoms with van der Waals surface area (Å²) in [5, 5.41) is 37.1. The van der Waals surface area contributed by atoms with Crippen LogP contribution in [-0.2, 0) is 11.2 Å². The normalized spacial score (nSPS) is 41.4. The number of aromatic nitrogens is 3. The summed E-state index contributed by atoms with van der Waals surface area (Å²) in [6, 6.07) is 5.80. The second kappa shape index (κ2) is 6.76. The number of allylic oxidation sites excluding steroid dienone is 1. The molecule has 7 nitrogen and oxygen atoms in total. The largest absolute Gasteiger partial charge is 0.479 e. The van der Waals surface area contributed by atoms with Crippen molar-refractivity contribution in [3.05, 3.63) is 47.4 Å². The zero-order chi connectivity index (χ0) is 23.2. The van der Waals surface area contributed by atoms with Crippen molar-refractivity contribution in [1.29, 1.82) is 0 Å². The van der Waals surface area contributed by atoms with Crippen LogP contribution in [-0.4, -0.2) is 47.8 Å². The van der Waals surface area contributed by atoms with Crippen molar-refractivity contribution in [3.63, 3.8) is 0 Å². The van der Waals surface area contributed by atoms with Crippen molar-refractivity contribution in [2.75, 3.05) is 0 Å². The fraction of sp³-hybridized carbons (Fsp3) is 0.577. The van der Waals surface area contributed by atoms with Gasteiger partial charge in [-0.05, 0) is 85.5 Å². The molecule has 4 aliphatic carbocycles. The van der Waals surface area contributed by atoms with Crippen LogP contribution >= 0.6 is 0 Å². The highest BCUT2D eigenvalue weighted by Crippen LogP contribution is 2.67. The van der Waals surface area contributed by atoms with Crippen molar-refractivity contribution < 1.29 is 20.1 Å². The van der Waals surface area contributed by atoms with Crippen LogP contribution in [0, 0.1) is 28.6 Å². The average Bonchev–Trinajstić information content (AvgIpc) is 3.30. The molecule has 4 aliphatic rings. The molecule has 174 valence electrons. The highest BCUT2D eigenvalue weighted by molar-refractivity contribution is 5.79. The van der Waals surface area contributed by atoms with E-state index in [1.54, 1.807) is 6.20 Å². The zero-order valence-electron chi connectivity index (χ0n) is 19.1. The Balaban J connectivity index is 1.39. The van der Waals surface area contributed by atoms with Gasteiger partial charge in [0.2, 0.25) is 0 Å². The number of nitrogens with zero attached hydrogens (tertiary/aromatic N) is 3. The van der Waals surface area contributed by atoms with E-state index in [1.807, 2.05) is 36.0 Å². The van der Waals surface area contributed by atoms with Crippen molar-refractivity contribution >= 4 is 12.0 Å². The van der Waals surface area contributed by atoms with E-state index in [4.69, 9.17) is 0 Å². The number of carboxylic acid groups (broad SMARTS) is 1. The third kappa shape index (κ3) is 2.61. The molecule has 2 aromatic rings. The Morgan fingerprint density at radius 3 is 2.79 bits per heavy atom. The van der Waals surface area contributed by atoms with Gasteiger partial charge in [-0.15, -0.1) is 0 Å². The van der Waals surface area contributed by atoms with Crippen LogP contribution in [0.3, 0.4) is 0 Å². The second-order valence-corrected chi connectivity index (χ2v) is 11.1. The molecule has 3 saturated carbocycles. The summed E-state index contributed by atoms with van der Waals surface area (Å²) in [6.45, 7) is 4.16. The molecule has 7 atom stereocenters. The molecule has 2 heterocycles. The highest BCUT2D eigenvalue weighted by Gasteiger charge is 2.68. The highest BCUT2D eigenvalue weighted by atomic mass is 16.4. The molecule has 0 amide bonds. The van der Waals surface area contributed by atoms with Gasteiger partial charge in [0.1, 0.15) is 0 Å². The summed E-state index contributed by atoms with van der Waals surface area (Å²) >= 11 is 0. The lowest BCUT2D eigenvalue weighted by Crippen LogP contribution is -2.61. The van der Waals surface area contributed by atoms with Crippen LogP contribution in [0.4, 0.5) is 0 Å². The Bertz CT molecular complexity index is 1160. The smallest absolute Gasteiger partial charge is 0.336 e. The van der Waals surface area contributed by atoms with Crippen LogP contribution in [0.15, 0.2) is 36.2 Å². The number of rotatable bonds is 2. The van der Waals surface area contributed by atoms with E-state index in [1.165, 1.54) is 5.57 Å². The minimum atomic E-state index is -1.76. The molecule has 0 aliphatic heterocycles. The van der Waals surface area contributed by atoms with Gasteiger partial charge in [-0.25, -0.2) is 14.5 Å². The Hall–Kier alpha value is -2.51. The minimum absolute atomic E-state index is 0.0399. The van der Waals surface area contributed by atoms with Crippen LogP contribution < -0.4 is 0 Å². The lowest BCUT2D eigenvalue weighted by atomic mass is 9.45. The van der Waals surface area contributed by atoms with Crippen molar-refractivity contribution in [1.82, 2.24) is 14.8 Å². The number of aliphatic hydroxyl groups is 2. The maximum Gasteiger partial charge on any atom is 0.336 e. The number of fused-ring (bicyclic) bond motifs is 6. The summed E-state index contributed by atoms with van der Waals surface area (Å²) < 4.78 is 1.90. The fourth-order valence-electron chi connectivity index (χ4n) is 8.20. The van der Waals surface area contributed by atoms with Crippen LogP contribution in [0.2, 0.25) is 0 Å². The summed E-state index contributed by atoms with van der Waals surface area (Å²) in [5.41, 5.74) is 0.782. The number of pyridine rings is 1. The molecule has 0 spiro atoms. The predicted octanol–water partition coefficient (Wildman–Crippen LogP) is 3.24. The molecule has 2 aromatic heterocycles. The van der Waals surface area contributed by atoms with E-state index in [-0.39, 0.29) is 29.6 Å². The summed E-state index contributed by atoms with van der Waals surface area (Å²) in [4.78, 5) is 16.5. The Kier molecular flexibility index (Phi) is 4.31. The van der Waals surface area contributed by atoms with Crippen LogP contribution in [0.25, 0.3) is 11.9 Å². The van der Waals surface area contributed by atoms with E-state index in [0.29, 0.717) is 12.8 Å². The Labute approximate surface area is 193 Å². The van der Waals surface area contributed by atoms with Crippen molar-refractivity contribution in [3.8, 4) is 5.82 Å². The molecule has 3 N–H and O–H groups in total. The molecule has 0 aromatic carbocycles. The van der Waals surface area contributed by atoms with Gasteiger partial charge < -0.3 is 15.3 Å². The van der Waals surface area contributed by atoms with E-state index >= 15 is 0 Å². The fourth-order valence-corrected chi connectivity index (χ4v) is 8.20. The first-order chi connectivity index (χ1) is 15.7. The lowest BCUT2D eigenvalue weighted by Gasteiger charge is -2.60. The second-order valence-electron chi connectivity index (χ2n) is 11.1. The number of hydrogen-bond acceptors (Lipinski definition) is 5. The molecular formula is C26H31N3O4. The van der Waals surface area contributed by atoms with Gasteiger partial charge in [-0.1, -0.05) is 25.5 Å². The van der Waals surface area contributed by atoms with Crippen molar-refractivity contribution in [2.45, 2.75) is 64.1 Å². The first-order valence-corrected chi connectivity index (χ1v) is 12.0. The molecule has 0 radical (unpaired) electrons. The number of hydrogen-bond donors (Lipinski definition) is 3. The third-order valence-electron chi connectivity index (χ3n) is 9.80. The maximum absolute atomic E-state index is 12.0. The summed E-state index contributed by atoms with van der Waals surface area (Å²) in [6.07, 6.45) is 9.19. The van der Waals surface area contributed by atoms with Gasteiger partial charge in [0.15, 0.2) is 11.4 Å². The standard InChI is InChI=1S/C26H31N3O4/c1-24-12-15-14-28-29(21-5-3-4-10-27-21)19(15)11-16(24)6-7-17-18-8-9-26(33,23(31)32)25(18,2)13-20(30)22(17)24/h3-5,10-11,14,17-18,20,22,30,33H,6-9,12-13H2,1-2H3,(H,31,32)/t17-,18?,20-,22?,24-,25-,26-/m0/s1. The Morgan fingerprint density at radius 1 is 1.24 bits per heavy atom. The molecule has 7 heteroatoms. The van der Waals surface area contributed by atoms with E-state index in [9.17, 15) is 20.1 Å². The number of carboxylic acids is 1. The topological polar surface area (TPSA) is 108 Å². The SMILES string of the molecule is C[C@]12Cc3cnn(-c4ccccn4)c3C=C1CC[C@@H]1C2[C@@H](O)C[C@@]2(C)C1CC[C@]2(O)C(=O)O. The van der Waals surface area contributed by atoms with Crippen LogP contribution in [0.5, 0.6) is 0 Å². The number of aliphatic hydroxyl groups excluding tert-OH is 1. The minimum Gasteiger partial charge on any atom is -0.479 e. The first kappa shape index (κ1) is 21.1. The maximum atomic E-state index is 12.0. The van der Waals surface area contributed by atoms with Gasteiger partial charge in [0, 0.05) is 11.6 Å². The molecule has 0 saturated heterocycles. The van der Waals surface area contributed by atoms with Gasteiger partial charge in [0.05, 0.1) is 18.0 Å². The Morgan fingerprint density at radius 2 is 2.06 bits per heavy atom. The number of aliphatic carboxylic acids is 1. The summed E-state index contributed by atoms with van der Waals surface area (Å²) in [7, 11) is 0. The van der Waals surface area contributed by atoms with Crippen molar-refractivity contribution in [2.24, 2.45) is 28.6 Å². The van der Waals surface area contributed by atoms with E-state index in [0.717, 1.165) is 36.3 Å². The molecular weight excluding hydrogens is 418 g/mol. The molecule has 0 bridgehead atoms. The van der Waals surface area contributed by atoms with E-state index in [2.05, 4.69) is 23.1 Å². The van der Waals surface area contributed by atoms with Gasteiger partial charge in [-0.3, -0.25) is 0 Å². The number of carbonyl (C=O) groups is 1. The zero-order valence-corrected chi connectivity index (χ0v) is 19.1. The molecule has 2 unspecified atom stereocenters. The van der Waals surface area contributed by atoms with Gasteiger partial charge >= 0.3 is 5.97 Å². The van der Waals surface area contributed by atoms with Gasteiger partial charge in [-0.2, -0.15) is 5.10 Å². The summed E-state index contributed by atoms with van der Waals surface area (Å²) in [5.74, 6) is -0.0204. The molecule has 33 heavy (non-hydrogen) atoms. The molecule has 3 fully saturated rings. The lowest BCUT2D eigenvalue weighted by molar-refractivity contribution is -0.193. The quantitative estimate of drug-likeness (QED) is 0.650. The monoisotopic (exact) mass is 449 g/mol. The first-order valence-electron chi connectivity index (χ1n) is 12.0. The third-order valence-corrected chi connectivity index (χ3v) is 9.80. The average molecular weight is 450 g/mol. The molecule has 6 rings (SSSR count).